The number of aryl methyl sites for hydroxylation is 2. The van der Waals surface area contributed by atoms with E-state index in [2.05, 4.69) is 36.7 Å². The van der Waals surface area contributed by atoms with Crippen LogP contribution >= 0.6 is 27.7 Å². The number of halogens is 1. The molecule has 0 unspecified atom stereocenters. The molecule has 0 spiro atoms. The van der Waals surface area contributed by atoms with Gasteiger partial charge in [0.15, 0.2) is 11.0 Å². The van der Waals surface area contributed by atoms with Crippen molar-refractivity contribution in [1.82, 2.24) is 20.2 Å². The van der Waals surface area contributed by atoms with Gasteiger partial charge in [-0.15, -0.1) is 10.2 Å². The predicted octanol–water partition coefficient (Wildman–Crippen LogP) is 5.56. The smallest absolute Gasteiger partial charge is 0.250 e. The van der Waals surface area contributed by atoms with Gasteiger partial charge in [0.25, 0.3) is 5.91 Å². The predicted molar refractivity (Wildman–Crippen MR) is 137 cm³/mol. The van der Waals surface area contributed by atoms with E-state index in [0.29, 0.717) is 5.16 Å². The van der Waals surface area contributed by atoms with Crippen molar-refractivity contribution in [2.75, 3.05) is 5.75 Å². The second kappa shape index (κ2) is 10.6. The van der Waals surface area contributed by atoms with E-state index in [9.17, 15) is 4.79 Å². The molecular weight excluding hydrogens is 498 g/mol. The number of aromatic nitrogens is 3. The number of carbonyl (C=O) groups is 1. The third-order valence-electron chi connectivity index (χ3n) is 4.82. The van der Waals surface area contributed by atoms with Crippen molar-refractivity contribution in [2.24, 2.45) is 5.10 Å². The topological polar surface area (TPSA) is 72.2 Å². The van der Waals surface area contributed by atoms with Gasteiger partial charge in [0.05, 0.1) is 12.0 Å². The lowest BCUT2D eigenvalue weighted by molar-refractivity contribution is -0.118. The molecule has 0 bridgehead atoms. The summed E-state index contributed by atoms with van der Waals surface area (Å²) in [6, 6.07) is 24.0. The Hall–Kier alpha value is -3.23. The molecule has 1 heterocycles. The van der Waals surface area contributed by atoms with Crippen LogP contribution in [0.15, 0.2) is 87.5 Å². The number of amides is 1. The van der Waals surface area contributed by atoms with Crippen molar-refractivity contribution in [3.8, 4) is 17.1 Å². The molecule has 0 saturated heterocycles. The van der Waals surface area contributed by atoms with Crippen molar-refractivity contribution in [3.05, 3.63) is 94.0 Å². The van der Waals surface area contributed by atoms with Crippen LogP contribution in [0.3, 0.4) is 0 Å². The normalized spacial score (nSPS) is 11.1. The Labute approximate surface area is 205 Å². The second-order valence-electron chi connectivity index (χ2n) is 7.48. The highest BCUT2D eigenvalue weighted by Gasteiger charge is 2.17. The maximum absolute atomic E-state index is 12.4. The number of benzene rings is 3. The van der Waals surface area contributed by atoms with E-state index in [1.807, 2.05) is 91.2 Å². The SMILES string of the molecule is Cc1ccc(-c2nnc(SCC(=O)N/N=C/c3cccc(Br)c3)n2-c2ccc(C)cc2)cc1. The van der Waals surface area contributed by atoms with Crippen molar-refractivity contribution in [1.29, 1.82) is 0 Å². The van der Waals surface area contributed by atoms with Crippen LogP contribution in [0.4, 0.5) is 0 Å². The molecule has 0 aliphatic rings. The van der Waals surface area contributed by atoms with Crippen LogP contribution in [0, 0.1) is 13.8 Å². The van der Waals surface area contributed by atoms with Crippen LogP contribution in [-0.4, -0.2) is 32.6 Å². The number of hydrogen-bond acceptors (Lipinski definition) is 5. The Morgan fingerprint density at radius 1 is 1.03 bits per heavy atom. The molecule has 8 heteroatoms. The molecule has 1 N–H and O–H groups in total. The highest BCUT2D eigenvalue weighted by molar-refractivity contribution is 9.10. The maximum Gasteiger partial charge on any atom is 0.250 e. The largest absolute Gasteiger partial charge is 0.272 e. The first kappa shape index (κ1) is 22.9. The van der Waals surface area contributed by atoms with E-state index in [-0.39, 0.29) is 11.7 Å². The zero-order valence-electron chi connectivity index (χ0n) is 18.2. The highest BCUT2D eigenvalue weighted by atomic mass is 79.9. The van der Waals surface area contributed by atoms with Gasteiger partial charge in [0.2, 0.25) is 0 Å². The summed E-state index contributed by atoms with van der Waals surface area (Å²) in [5.74, 6) is 0.671. The van der Waals surface area contributed by atoms with Crippen molar-refractivity contribution in [2.45, 2.75) is 19.0 Å². The summed E-state index contributed by atoms with van der Waals surface area (Å²) in [5.41, 5.74) is 7.70. The van der Waals surface area contributed by atoms with E-state index >= 15 is 0 Å². The number of hydrogen-bond donors (Lipinski definition) is 1. The zero-order chi connectivity index (χ0) is 23.2. The van der Waals surface area contributed by atoms with Crippen LogP contribution in [0.2, 0.25) is 0 Å². The molecule has 1 aromatic heterocycles. The molecule has 33 heavy (non-hydrogen) atoms. The average Bonchev–Trinajstić information content (AvgIpc) is 3.23. The van der Waals surface area contributed by atoms with Gasteiger partial charge in [-0.25, -0.2) is 5.43 Å². The summed E-state index contributed by atoms with van der Waals surface area (Å²) in [6.07, 6.45) is 1.61. The Kier molecular flexibility index (Phi) is 7.36. The summed E-state index contributed by atoms with van der Waals surface area (Å²) >= 11 is 4.74. The number of thioether (sulfide) groups is 1. The maximum atomic E-state index is 12.4. The van der Waals surface area contributed by atoms with Crippen LogP contribution < -0.4 is 5.43 Å². The van der Waals surface area contributed by atoms with Crippen LogP contribution in [0.25, 0.3) is 17.1 Å². The van der Waals surface area contributed by atoms with Crippen LogP contribution in [0.1, 0.15) is 16.7 Å². The quantitative estimate of drug-likeness (QED) is 0.197. The molecule has 0 atom stereocenters. The summed E-state index contributed by atoms with van der Waals surface area (Å²) in [6.45, 7) is 4.10. The Morgan fingerprint density at radius 2 is 1.73 bits per heavy atom. The van der Waals surface area contributed by atoms with Crippen molar-refractivity contribution < 1.29 is 4.79 Å². The van der Waals surface area contributed by atoms with Gasteiger partial charge in [-0.3, -0.25) is 9.36 Å². The van der Waals surface area contributed by atoms with E-state index in [0.717, 1.165) is 27.1 Å². The van der Waals surface area contributed by atoms with E-state index in [4.69, 9.17) is 0 Å². The lowest BCUT2D eigenvalue weighted by Crippen LogP contribution is -2.20. The molecule has 1 amide bonds. The minimum Gasteiger partial charge on any atom is -0.272 e. The fourth-order valence-electron chi connectivity index (χ4n) is 3.11. The molecule has 0 radical (unpaired) electrons. The first-order valence-corrected chi connectivity index (χ1v) is 12.1. The minimum atomic E-state index is -0.221. The van der Waals surface area contributed by atoms with Gasteiger partial charge in [0, 0.05) is 15.7 Å². The van der Waals surface area contributed by atoms with Crippen molar-refractivity contribution in [3.63, 3.8) is 0 Å². The Balaban J connectivity index is 1.51. The second-order valence-corrected chi connectivity index (χ2v) is 9.34. The number of hydrazone groups is 1. The average molecular weight is 520 g/mol. The number of nitrogens with zero attached hydrogens (tertiary/aromatic N) is 4. The van der Waals surface area contributed by atoms with E-state index in [1.165, 1.54) is 22.9 Å². The molecule has 4 aromatic rings. The van der Waals surface area contributed by atoms with Gasteiger partial charge in [-0.05, 0) is 43.7 Å². The first-order chi connectivity index (χ1) is 16.0. The van der Waals surface area contributed by atoms with Crippen LogP contribution in [0.5, 0.6) is 0 Å². The van der Waals surface area contributed by atoms with Gasteiger partial charge < -0.3 is 0 Å². The number of carbonyl (C=O) groups excluding carboxylic acids is 1. The number of nitrogens with one attached hydrogen (secondary N) is 1. The Morgan fingerprint density at radius 3 is 2.42 bits per heavy atom. The van der Waals surface area contributed by atoms with Gasteiger partial charge in [-0.1, -0.05) is 87.3 Å². The molecule has 0 saturated carbocycles. The summed E-state index contributed by atoms with van der Waals surface area (Å²) in [5, 5.41) is 13.5. The lowest BCUT2D eigenvalue weighted by atomic mass is 10.1. The summed E-state index contributed by atoms with van der Waals surface area (Å²) in [4.78, 5) is 12.4. The monoisotopic (exact) mass is 519 g/mol. The molecule has 6 nitrogen and oxygen atoms in total. The van der Waals surface area contributed by atoms with Gasteiger partial charge >= 0.3 is 0 Å². The molecule has 3 aromatic carbocycles. The summed E-state index contributed by atoms with van der Waals surface area (Å²) < 4.78 is 2.93. The lowest BCUT2D eigenvalue weighted by Gasteiger charge is -2.11. The zero-order valence-corrected chi connectivity index (χ0v) is 20.6. The van der Waals surface area contributed by atoms with Gasteiger partial charge in [-0.2, -0.15) is 5.10 Å². The number of rotatable bonds is 7. The van der Waals surface area contributed by atoms with Crippen molar-refractivity contribution >= 4 is 39.8 Å². The molecule has 0 fully saturated rings. The van der Waals surface area contributed by atoms with Crippen LogP contribution in [-0.2, 0) is 4.79 Å². The first-order valence-electron chi connectivity index (χ1n) is 10.3. The standard InChI is InChI=1S/C25H22BrN5OS/c1-17-6-10-20(11-7-17)24-29-30-25(31(24)22-12-8-18(2)9-13-22)33-16-23(32)28-27-15-19-4-3-5-21(26)14-19/h3-15H,16H2,1-2H3,(H,28,32)/b27-15+. The fraction of sp³-hybridized carbons (Fsp3) is 0.120. The minimum absolute atomic E-state index is 0.160. The van der Waals surface area contributed by atoms with E-state index < -0.39 is 0 Å². The van der Waals surface area contributed by atoms with E-state index in [1.54, 1.807) is 6.21 Å². The third kappa shape index (κ3) is 5.97. The summed E-state index contributed by atoms with van der Waals surface area (Å²) in [7, 11) is 0. The molecule has 0 aliphatic heterocycles. The highest BCUT2D eigenvalue weighted by Crippen LogP contribution is 2.28. The third-order valence-corrected chi connectivity index (χ3v) is 6.24. The van der Waals surface area contributed by atoms with Gasteiger partial charge in [0.1, 0.15) is 0 Å². The molecule has 166 valence electrons. The molecular formula is C25H22BrN5OS. The molecule has 4 rings (SSSR count). The fourth-order valence-corrected chi connectivity index (χ4v) is 4.27. The Bertz CT molecular complexity index is 1280. The molecule has 0 aliphatic carbocycles.